The van der Waals surface area contributed by atoms with E-state index in [0.29, 0.717) is 0 Å². The Hall–Kier alpha value is -1.39. The average Bonchev–Trinajstić information content (AvgIpc) is 2.27. The highest BCUT2D eigenvalue weighted by molar-refractivity contribution is 6.39. The van der Waals surface area contributed by atoms with Crippen molar-refractivity contribution in [2.45, 2.75) is 6.42 Å². The highest BCUT2D eigenvalue weighted by atomic mass is 35.5. The van der Waals surface area contributed by atoms with Crippen molar-refractivity contribution in [2.24, 2.45) is 0 Å². The van der Waals surface area contributed by atoms with Gasteiger partial charge in [0.25, 0.3) is 5.91 Å². The summed E-state index contributed by atoms with van der Waals surface area (Å²) in [7, 11) is 0. The summed E-state index contributed by atoms with van der Waals surface area (Å²) in [6.45, 7) is -0.155. The number of amides is 1. The summed E-state index contributed by atoms with van der Waals surface area (Å²) < 4.78 is 0. The third-order valence-electron chi connectivity index (χ3n) is 2.59. The van der Waals surface area contributed by atoms with Crippen LogP contribution in [0, 0.1) is 0 Å². The van der Waals surface area contributed by atoms with Crippen LogP contribution in [0.1, 0.15) is 16.8 Å². The number of halogens is 2. The van der Waals surface area contributed by atoms with Gasteiger partial charge in [-0.3, -0.25) is 14.4 Å². The van der Waals surface area contributed by atoms with E-state index in [2.05, 4.69) is 0 Å². The van der Waals surface area contributed by atoms with E-state index >= 15 is 0 Å². The molecule has 0 aromatic heterocycles. The van der Waals surface area contributed by atoms with Gasteiger partial charge in [-0.05, 0) is 12.1 Å². The lowest BCUT2D eigenvalue weighted by atomic mass is 10.1. The third kappa shape index (κ3) is 2.54. The highest BCUT2D eigenvalue weighted by Gasteiger charge is 2.29. The molecule has 1 aromatic carbocycles. The van der Waals surface area contributed by atoms with Crippen LogP contribution in [0.5, 0.6) is 0 Å². The molecule has 1 aliphatic heterocycles. The van der Waals surface area contributed by atoms with Crippen LogP contribution in [0.3, 0.4) is 0 Å². The molecule has 1 amide bonds. The van der Waals surface area contributed by atoms with Crippen LogP contribution in [0.4, 0.5) is 0 Å². The Morgan fingerprint density at radius 3 is 2.06 bits per heavy atom. The summed E-state index contributed by atoms with van der Waals surface area (Å²) in [4.78, 5) is 36.0. The summed E-state index contributed by atoms with van der Waals surface area (Å²) >= 11 is 11.8. The van der Waals surface area contributed by atoms with Gasteiger partial charge in [0.1, 0.15) is 0 Å². The first-order valence-electron chi connectivity index (χ1n) is 5.25. The lowest BCUT2D eigenvalue weighted by Gasteiger charge is -2.25. The van der Waals surface area contributed by atoms with Gasteiger partial charge in [-0.2, -0.15) is 0 Å². The van der Waals surface area contributed by atoms with Gasteiger partial charge in [0.2, 0.25) is 0 Å². The first-order chi connectivity index (χ1) is 8.49. The van der Waals surface area contributed by atoms with Crippen molar-refractivity contribution in [3.63, 3.8) is 0 Å². The number of benzene rings is 1. The number of carbonyl (C=O) groups is 3. The number of rotatable bonds is 1. The molecule has 0 aliphatic carbocycles. The lowest BCUT2D eigenvalue weighted by Crippen LogP contribution is -2.44. The second-order valence-corrected chi connectivity index (χ2v) is 4.83. The Morgan fingerprint density at radius 1 is 1.06 bits per heavy atom. The summed E-state index contributed by atoms with van der Waals surface area (Å²) in [6.07, 6.45) is -0.111. The van der Waals surface area contributed by atoms with Gasteiger partial charge in [-0.1, -0.05) is 29.3 Å². The molecule has 1 heterocycles. The highest BCUT2D eigenvalue weighted by Crippen LogP contribution is 2.26. The summed E-state index contributed by atoms with van der Waals surface area (Å²) in [5.41, 5.74) is 0.128. The number of hydrogen-bond acceptors (Lipinski definition) is 3. The van der Waals surface area contributed by atoms with Gasteiger partial charge in [0.15, 0.2) is 11.6 Å². The summed E-state index contributed by atoms with van der Waals surface area (Å²) in [6, 6.07) is 4.69. The predicted octanol–water partition coefficient (Wildman–Crippen LogP) is 1.98. The van der Waals surface area contributed by atoms with Gasteiger partial charge in [0.05, 0.1) is 35.1 Å². The van der Waals surface area contributed by atoms with Crippen LogP contribution in [-0.4, -0.2) is 35.5 Å². The maximum absolute atomic E-state index is 12.2. The van der Waals surface area contributed by atoms with Gasteiger partial charge < -0.3 is 4.90 Å². The number of nitrogens with zero attached hydrogens (tertiary/aromatic N) is 1. The Kier molecular flexibility index (Phi) is 3.68. The van der Waals surface area contributed by atoms with Crippen LogP contribution in [0.2, 0.25) is 10.0 Å². The molecule has 0 unspecified atom stereocenters. The zero-order valence-corrected chi connectivity index (χ0v) is 10.8. The molecule has 1 fully saturated rings. The van der Waals surface area contributed by atoms with Crippen molar-refractivity contribution in [2.75, 3.05) is 13.1 Å². The van der Waals surface area contributed by atoms with Crippen LogP contribution < -0.4 is 0 Å². The van der Waals surface area contributed by atoms with Crippen molar-refractivity contribution in [1.82, 2.24) is 4.90 Å². The maximum atomic E-state index is 12.2. The van der Waals surface area contributed by atoms with E-state index in [1.165, 1.54) is 17.0 Å². The zero-order valence-electron chi connectivity index (χ0n) is 9.28. The van der Waals surface area contributed by atoms with E-state index in [-0.39, 0.29) is 46.7 Å². The molecule has 0 N–H and O–H groups in total. The number of Topliss-reactive ketones (excluding diaryl/α,β-unsaturated/α-hetero) is 2. The molecule has 0 spiro atoms. The average molecular weight is 286 g/mol. The molecule has 2 rings (SSSR count). The molecule has 18 heavy (non-hydrogen) atoms. The van der Waals surface area contributed by atoms with Gasteiger partial charge in [-0.25, -0.2) is 0 Å². The quantitative estimate of drug-likeness (QED) is 0.742. The smallest absolute Gasteiger partial charge is 0.257 e. The number of carbonyl (C=O) groups excluding carboxylic acids is 3. The molecular weight excluding hydrogens is 277 g/mol. The van der Waals surface area contributed by atoms with Crippen LogP contribution in [-0.2, 0) is 9.59 Å². The van der Waals surface area contributed by atoms with E-state index in [9.17, 15) is 14.4 Å². The fraction of sp³-hybridized carbons (Fsp3) is 0.250. The van der Waals surface area contributed by atoms with E-state index in [1.807, 2.05) is 0 Å². The second kappa shape index (κ2) is 5.08. The monoisotopic (exact) mass is 285 g/mol. The minimum atomic E-state index is -0.494. The fourth-order valence-corrected chi connectivity index (χ4v) is 2.38. The summed E-state index contributed by atoms with van der Waals surface area (Å²) in [5.74, 6) is -1.04. The van der Waals surface area contributed by atoms with Crippen LogP contribution in [0.15, 0.2) is 18.2 Å². The van der Waals surface area contributed by atoms with Crippen molar-refractivity contribution < 1.29 is 14.4 Å². The van der Waals surface area contributed by atoms with E-state index in [4.69, 9.17) is 23.2 Å². The van der Waals surface area contributed by atoms with Gasteiger partial charge >= 0.3 is 0 Å². The molecule has 0 bridgehead atoms. The molecule has 0 saturated carbocycles. The molecule has 0 radical (unpaired) electrons. The zero-order chi connectivity index (χ0) is 13.3. The predicted molar refractivity (Wildman–Crippen MR) is 67.0 cm³/mol. The molecule has 1 saturated heterocycles. The van der Waals surface area contributed by atoms with Gasteiger partial charge in [0, 0.05) is 0 Å². The molecule has 4 nitrogen and oxygen atoms in total. The Labute approximate surface area is 113 Å². The number of piperidine rings is 1. The van der Waals surface area contributed by atoms with E-state index in [0.717, 1.165) is 0 Å². The van der Waals surface area contributed by atoms with Crippen molar-refractivity contribution in [1.29, 1.82) is 0 Å². The van der Waals surface area contributed by atoms with Crippen LogP contribution in [0.25, 0.3) is 0 Å². The SMILES string of the molecule is O=C1CC(=O)CN(C(=O)c2c(Cl)cccc2Cl)C1. The second-order valence-electron chi connectivity index (χ2n) is 4.01. The Morgan fingerprint density at radius 2 is 1.56 bits per heavy atom. The first kappa shape index (κ1) is 13.1. The van der Waals surface area contributed by atoms with Crippen molar-refractivity contribution >= 4 is 40.7 Å². The molecule has 94 valence electrons. The number of ketones is 2. The lowest BCUT2D eigenvalue weighted by molar-refractivity contribution is -0.131. The van der Waals surface area contributed by atoms with Crippen LogP contribution >= 0.6 is 23.2 Å². The minimum Gasteiger partial charge on any atom is -0.324 e. The number of hydrogen-bond donors (Lipinski definition) is 0. The first-order valence-corrected chi connectivity index (χ1v) is 6.01. The van der Waals surface area contributed by atoms with E-state index < -0.39 is 5.91 Å². The molecule has 6 heteroatoms. The maximum Gasteiger partial charge on any atom is 0.257 e. The van der Waals surface area contributed by atoms with Crippen molar-refractivity contribution in [3.8, 4) is 0 Å². The number of likely N-dealkylation sites (tertiary alicyclic amines) is 1. The van der Waals surface area contributed by atoms with Gasteiger partial charge in [-0.15, -0.1) is 0 Å². The third-order valence-corrected chi connectivity index (χ3v) is 3.22. The molecule has 1 aromatic rings. The Balaban J connectivity index is 2.31. The fourth-order valence-electron chi connectivity index (χ4n) is 1.82. The minimum absolute atomic E-state index is 0.0773. The normalized spacial score (nSPS) is 16.0. The topological polar surface area (TPSA) is 54.5 Å². The molecule has 0 atom stereocenters. The Bertz CT molecular complexity index is 506. The molecule has 1 aliphatic rings. The summed E-state index contributed by atoms with van der Waals surface area (Å²) in [5, 5.41) is 0.413. The standard InChI is InChI=1S/C12H9Cl2NO3/c13-9-2-1-3-10(14)11(9)12(18)15-5-7(16)4-8(17)6-15/h1-3H,4-6H2. The van der Waals surface area contributed by atoms with Crippen molar-refractivity contribution in [3.05, 3.63) is 33.8 Å². The molecular formula is C12H9Cl2NO3. The van der Waals surface area contributed by atoms with E-state index in [1.54, 1.807) is 6.07 Å². The largest absolute Gasteiger partial charge is 0.324 e.